The van der Waals surface area contributed by atoms with Crippen LogP contribution in [0.5, 0.6) is 5.88 Å². The minimum atomic E-state index is -1.59. The topological polar surface area (TPSA) is 50.1 Å². The molecule has 0 fully saturated rings. The van der Waals surface area contributed by atoms with Gasteiger partial charge in [-0.15, -0.1) is 0 Å². The molecule has 1 aromatic heterocycles. The van der Waals surface area contributed by atoms with Gasteiger partial charge in [0, 0.05) is 21.9 Å². The van der Waals surface area contributed by atoms with E-state index in [2.05, 4.69) is 33.0 Å². The first-order chi connectivity index (χ1) is 11.8. The van der Waals surface area contributed by atoms with Gasteiger partial charge >= 0.3 is 0 Å². The van der Waals surface area contributed by atoms with Crippen molar-refractivity contribution in [3.63, 3.8) is 0 Å². The molecule has 0 bridgehead atoms. The molecular formula is C17H13F3IN3O. The Bertz CT molecular complexity index is 972. The number of rotatable bonds is 3. The number of anilines is 2. The first-order valence-electron chi connectivity index (χ1n) is 7.21. The van der Waals surface area contributed by atoms with Crippen LogP contribution in [-0.4, -0.2) is 14.9 Å². The van der Waals surface area contributed by atoms with Gasteiger partial charge in [-0.05, 0) is 59.3 Å². The van der Waals surface area contributed by atoms with E-state index in [1.807, 2.05) is 13.0 Å². The number of benzene rings is 2. The Kier molecular flexibility index (Phi) is 4.63. The molecule has 2 N–H and O–H groups in total. The molecule has 2 aromatic carbocycles. The van der Waals surface area contributed by atoms with Gasteiger partial charge < -0.3 is 10.4 Å². The van der Waals surface area contributed by atoms with Gasteiger partial charge in [-0.3, -0.25) is 0 Å². The van der Waals surface area contributed by atoms with E-state index >= 15 is 0 Å². The lowest BCUT2D eigenvalue weighted by Crippen LogP contribution is -2.03. The standard InChI is InChI=1S/C17H13F3IN3O/c1-8-5-9(21)3-4-13(8)23-16-10(6-12(18)14(19)15(16)20)11-7-22-24(2)17(11)25/h3-7,23,25H,1-2H3. The average molecular weight is 459 g/mol. The Morgan fingerprint density at radius 3 is 2.44 bits per heavy atom. The summed E-state index contributed by atoms with van der Waals surface area (Å²) < 4.78 is 44.1. The van der Waals surface area contributed by atoms with E-state index in [1.165, 1.54) is 13.2 Å². The summed E-state index contributed by atoms with van der Waals surface area (Å²) in [5, 5.41) is 16.7. The van der Waals surface area contributed by atoms with Gasteiger partial charge in [0.05, 0.1) is 17.4 Å². The van der Waals surface area contributed by atoms with Crippen molar-refractivity contribution in [3.05, 3.63) is 57.0 Å². The van der Waals surface area contributed by atoms with Crippen LogP contribution in [0.4, 0.5) is 24.5 Å². The summed E-state index contributed by atoms with van der Waals surface area (Å²) in [5.74, 6) is -4.58. The first-order valence-corrected chi connectivity index (χ1v) is 8.29. The summed E-state index contributed by atoms with van der Waals surface area (Å²) in [6, 6.07) is 6.21. The maximum atomic E-state index is 14.5. The summed E-state index contributed by atoms with van der Waals surface area (Å²) in [6.45, 7) is 1.81. The Hall–Kier alpha value is -2.23. The fourth-order valence-corrected chi connectivity index (χ4v) is 3.10. The number of hydrogen-bond acceptors (Lipinski definition) is 3. The summed E-state index contributed by atoms with van der Waals surface area (Å²) >= 11 is 2.14. The molecule has 0 aliphatic rings. The van der Waals surface area contributed by atoms with Crippen molar-refractivity contribution in [2.45, 2.75) is 6.92 Å². The minimum Gasteiger partial charge on any atom is -0.493 e. The van der Waals surface area contributed by atoms with Crippen LogP contribution in [0.2, 0.25) is 0 Å². The molecule has 130 valence electrons. The lowest BCUT2D eigenvalue weighted by molar-refractivity contribution is 0.420. The number of nitrogens with zero attached hydrogens (tertiary/aromatic N) is 2. The largest absolute Gasteiger partial charge is 0.493 e. The van der Waals surface area contributed by atoms with E-state index in [-0.39, 0.29) is 22.7 Å². The van der Waals surface area contributed by atoms with Crippen LogP contribution < -0.4 is 5.32 Å². The van der Waals surface area contributed by atoms with Crippen LogP contribution in [0.3, 0.4) is 0 Å². The molecule has 0 amide bonds. The Morgan fingerprint density at radius 1 is 1.12 bits per heavy atom. The van der Waals surface area contributed by atoms with Gasteiger partial charge in [-0.25, -0.2) is 17.9 Å². The Morgan fingerprint density at radius 2 is 1.84 bits per heavy atom. The van der Waals surface area contributed by atoms with Crippen LogP contribution >= 0.6 is 22.6 Å². The molecule has 4 nitrogen and oxygen atoms in total. The molecule has 3 aromatic rings. The van der Waals surface area contributed by atoms with Gasteiger partial charge in [0.25, 0.3) is 0 Å². The molecule has 0 saturated heterocycles. The van der Waals surface area contributed by atoms with E-state index in [1.54, 1.807) is 12.1 Å². The normalized spacial score (nSPS) is 11.0. The zero-order chi connectivity index (χ0) is 18.3. The Balaban J connectivity index is 2.20. The maximum Gasteiger partial charge on any atom is 0.217 e. The van der Waals surface area contributed by atoms with Crippen LogP contribution in [0.1, 0.15) is 5.56 Å². The van der Waals surface area contributed by atoms with E-state index in [0.29, 0.717) is 5.69 Å². The van der Waals surface area contributed by atoms with E-state index in [0.717, 1.165) is 19.9 Å². The summed E-state index contributed by atoms with van der Waals surface area (Å²) in [7, 11) is 1.48. The average Bonchev–Trinajstić information content (AvgIpc) is 2.89. The highest BCUT2D eigenvalue weighted by atomic mass is 127. The lowest BCUT2D eigenvalue weighted by Gasteiger charge is -2.15. The third-order valence-corrected chi connectivity index (χ3v) is 4.48. The van der Waals surface area contributed by atoms with Crippen molar-refractivity contribution in [2.75, 3.05) is 5.32 Å². The van der Waals surface area contributed by atoms with Crippen molar-refractivity contribution in [3.8, 4) is 17.0 Å². The number of halogens is 4. The van der Waals surface area contributed by atoms with E-state index in [4.69, 9.17) is 0 Å². The first kappa shape index (κ1) is 17.6. The lowest BCUT2D eigenvalue weighted by atomic mass is 10.0. The van der Waals surface area contributed by atoms with Gasteiger partial charge in [-0.1, -0.05) is 0 Å². The summed E-state index contributed by atoms with van der Waals surface area (Å²) in [6.07, 6.45) is 1.26. The number of nitrogens with one attached hydrogen (secondary N) is 1. The molecule has 0 unspecified atom stereocenters. The third-order valence-electron chi connectivity index (χ3n) is 3.81. The van der Waals surface area contributed by atoms with E-state index in [9.17, 15) is 18.3 Å². The number of aromatic hydroxyl groups is 1. The summed E-state index contributed by atoms with van der Waals surface area (Å²) in [5.41, 5.74) is 1.13. The highest BCUT2D eigenvalue weighted by molar-refractivity contribution is 14.1. The smallest absolute Gasteiger partial charge is 0.217 e. The zero-order valence-electron chi connectivity index (χ0n) is 13.2. The molecule has 0 spiro atoms. The second kappa shape index (κ2) is 6.58. The van der Waals surface area contributed by atoms with Crippen molar-refractivity contribution >= 4 is 34.0 Å². The van der Waals surface area contributed by atoms with Gasteiger partial charge in [-0.2, -0.15) is 5.10 Å². The monoisotopic (exact) mass is 459 g/mol. The van der Waals surface area contributed by atoms with Crippen LogP contribution in [0.15, 0.2) is 30.5 Å². The fourth-order valence-electron chi connectivity index (χ4n) is 2.45. The van der Waals surface area contributed by atoms with Gasteiger partial charge in [0.2, 0.25) is 5.88 Å². The summed E-state index contributed by atoms with van der Waals surface area (Å²) in [4.78, 5) is 0. The molecule has 0 aliphatic carbocycles. The predicted molar refractivity (Wildman–Crippen MR) is 97.4 cm³/mol. The highest BCUT2D eigenvalue weighted by Crippen LogP contribution is 2.39. The van der Waals surface area contributed by atoms with Crippen molar-refractivity contribution in [1.29, 1.82) is 0 Å². The zero-order valence-corrected chi connectivity index (χ0v) is 15.4. The molecule has 3 rings (SSSR count). The number of hydrogen-bond donors (Lipinski definition) is 2. The van der Waals surface area contributed by atoms with E-state index < -0.39 is 17.5 Å². The van der Waals surface area contributed by atoms with Crippen molar-refractivity contribution in [1.82, 2.24) is 9.78 Å². The predicted octanol–water partition coefficient (Wildman–Crippen LogP) is 4.87. The molecule has 0 saturated carbocycles. The highest BCUT2D eigenvalue weighted by Gasteiger charge is 2.23. The fraction of sp³-hybridized carbons (Fsp3) is 0.118. The van der Waals surface area contributed by atoms with Gasteiger partial charge in [0.1, 0.15) is 0 Å². The second-order valence-electron chi connectivity index (χ2n) is 5.50. The van der Waals surface area contributed by atoms with Crippen LogP contribution in [-0.2, 0) is 7.05 Å². The molecule has 8 heteroatoms. The minimum absolute atomic E-state index is 0.0278. The molecule has 0 radical (unpaired) electrons. The van der Waals surface area contributed by atoms with Gasteiger partial charge in [0.15, 0.2) is 17.5 Å². The number of aromatic nitrogens is 2. The van der Waals surface area contributed by atoms with Crippen molar-refractivity contribution < 1.29 is 18.3 Å². The third kappa shape index (κ3) is 3.17. The van der Waals surface area contributed by atoms with Crippen LogP contribution in [0, 0.1) is 27.9 Å². The molecule has 1 heterocycles. The van der Waals surface area contributed by atoms with Crippen molar-refractivity contribution in [2.24, 2.45) is 7.05 Å². The second-order valence-corrected chi connectivity index (χ2v) is 6.74. The maximum absolute atomic E-state index is 14.5. The van der Waals surface area contributed by atoms with Crippen LogP contribution in [0.25, 0.3) is 11.1 Å². The molecule has 0 atom stereocenters. The molecular weight excluding hydrogens is 446 g/mol. The molecule has 25 heavy (non-hydrogen) atoms. The molecule has 0 aliphatic heterocycles. The SMILES string of the molecule is Cc1cc(I)ccc1Nc1c(-c2cnn(C)c2O)cc(F)c(F)c1F. The Labute approximate surface area is 155 Å². The quantitative estimate of drug-likeness (QED) is 0.435. The number of aryl methyl sites for hydroxylation is 2.